The summed E-state index contributed by atoms with van der Waals surface area (Å²) in [5.74, 6) is 0.918. The lowest BCUT2D eigenvalue weighted by atomic mass is 9.69. The van der Waals surface area contributed by atoms with E-state index in [2.05, 4.69) is 29.2 Å². The highest BCUT2D eigenvalue weighted by atomic mass is 19.1. The second-order valence-electron chi connectivity index (χ2n) is 10.9. The molecule has 37 heavy (non-hydrogen) atoms. The number of aromatic hydroxyl groups is 1. The number of hydrogen-bond donors (Lipinski definition) is 1. The van der Waals surface area contributed by atoms with Crippen molar-refractivity contribution < 1.29 is 19.0 Å². The van der Waals surface area contributed by atoms with Crippen LogP contribution in [0, 0.1) is 5.82 Å². The third-order valence-electron chi connectivity index (χ3n) is 8.90. The van der Waals surface area contributed by atoms with E-state index >= 15 is 4.39 Å². The number of fused-ring (bicyclic) bond motifs is 1. The molecule has 6 rings (SSSR count). The molecule has 4 nitrogen and oxygen atoms in total. The molecule has 1 N–H and O–H groups in total. The van der Waals surface area contributed by atoms with Crippen LogP contribution in [0.3, 0.4) is 0 Å². The quantitative estimate of drug-likeness (QED) is 0.420. The molecule has 3 aliphatic rings. The smallest absolute Gasteiger partial charge is 0.147 e. The fourth-order valence-corrected chi connectivity index (χ4v) is 6.93. The van der Waals surface area contributed by atoms with Gasteiger partial charge in [-0.25, -0.2) is 4.39 Å². The molecule has 2 atom stereocenters. The summed E-state index contributed by atoms with van der Waals surface area (Å²) in [6.45, 7) is 2.43. The molecule has 3 aromatic rings. The van der Waals surface area contributed by atoms with Gasteiger partial charge in [-0.3, -0.25) is 0 Å². The van der Waals surface area contributed by atoms with Gasteiger partial charge in [-0.1, -0.05) is 36.4 Å². The zero-order valence-electron chi connectivity index (χ0n) is 21.6. The van der Waals surface area contributed by atoms with Crippen LogP contribution in [0.15, 0.2) is 60.7 Å². The van der Waals surface area contributed by atoms with Crippen LogP contribution in [-0.2, 0) is 11.2 Å². The maximum Gasteiger partial charge on any atom is 0.147 e. The molecule has 1 spiro atoms. The maximum absolute atomic E-state index is 15.9. The van der Waals surface area contributed by atoms with Crippen molar-refractivity contribution in [2.45, 2.75) is 62.4 Å². The van der Waals surface area contributed by atoms with Crippen LogP contribution in [0.2, 0.25) is 0 Å². The summed E-state index contributed by atoms with van der Waals surface area (Å²) < 4.78 is 28.1. The molecule has 2 saturated heterocycles. The summed E-state index contributed by atoms with van der Waals surface area (Å²) in [5.41, 5.74) is 4.97. The fourth-order valence-electron chi connectivity index (χ4n) is 6.93. The number of halogens is 1. The summed E-state index contributed by atoms with van der Waals surface area (Å²) in [6, 6.07) is 19.7. The van der Waals surface area contributed by atoms with Gasteiger partial charge in [0.25, 0.3) is 0 Å². The molecular formula is C32H36FNO3. The first-order valence-electron chi connectivity index (χ1n) is 13.7. The lowest BCUT2D eigenvalue weighted by Gasteiger charge is -2.44. The third kappa shape index (κ3) is 4.59. The number of ether oxygens (including phenoxy) is 2. The number of nitrogens with zero attached hydrogens (tertiary/aromatic N) is 1. The van der Waals surface area contributed by atoms with Crippen molar-refractivity contribution in [3.05, 3.63) is 88.7 Å². The largest absolute Gasteiger partial charge is 0.508 e. The van der Waals surface area contributed by atoms with Gasteiger partial charge in [0.1, 0.15) is 17.3 Å². The summed E-state index contributed by atoms with van der Waals surface area (Å²) >= 11 is 0. The van der Waals surface area contributed by atoms with E-state index in [1.807, 2.05) is 24.3 Å². The number of hydrogen-bond acceptors (Lipinski definition) is 4. The minimum absolute atomic E-state index is 0.0183. The SMILES string of the molecule is COc1cc(N2CCC3(CCCCO3)CC2)c(F)cc1C1c2ccc(O)cc2CCC1c1ccccc1. The number of rotatable bonds is 4. The van der Waals surface area contributed by atoms with Crippen LogP contribution < -0.4 is 9.64 Å². The van der Waals surface area contributed by atoms with Crippen LogP contribution in [0.1, 0.15) is 72.6 Å². The molecule has 5 heteroatoms. The van der Waals surface area contributed by atoms with Gasteiger partial charge in [0, 0.05) is 37.2 Å². The van der Waals surface area contributed by atoms with Crippen LogP contribution in [0.4, 0.5) is 10.1 Å². The molecule has 2 fully saturated rings. The molecule has 0 aromatic heterocycles. The van der Waals surface area contributed by atoms with Crippen molar-refractivity contribution in [2.75, 3.05) is 31.7 Å². The van der Waals surface area contributed by atoms with Gasteiger partial charge in [0.15, 0.2) is 0 Å². The molecule has 0 bridgehead atoms. The van der Waals surface area contributed by atoms with Gasteiger partial charge in [0.05, 0.1) is 18.4 Å². The minimum atomic E-state index is -0.200. The molecule has 2 heterocycles. The van der Waals surface area contributed by atoms with Crippen LogP contribution in [-0.4, -0.2) is 37.5 Å². The number of piperidine rings is 1. The number of benzene rings is 3. The number of phenols is 1. The van der Waals surface area contributed by atoms with Crippen molar-refractivity contribution in [3.8, 4) is 11.5 Å². The van der Waals surface area contributed by atoms with Crippen molar-refractivity contribution in [3.63, 3.8) is 0 Å². The number of anilines is 1. The van der Waals surface area contributed by atoms with Gasteiger partial charge in [0.2, 0.25) is 0 Å². The topological polar surface area (TPSA) is 41.9 Å². The lowest BCUT2D eigenvalue weighted by molar-refractivity contribution is -0.0920. The second kappa shape index (κ2) is 10.0. The van der Waals surface area contributed by atoms with E-state index in [-0.39, 0.29) is 29.0 Å². The van der Waals surface area contributed by atoms with E-state index < -0.39 is 0 Å². The number of aryl methyl sites for hydroxylation is 1. The van der Waals surface area contributed by atoms with E-state index in [4.69, 9.17) is 9.47 Å². The van der Waals surface area contributed by atoms with E-state index in [1.165, 1.54) is 12.0 Å². The Bertz CT molecular complexity index is 1240. The monoisotopic (exact) mass is 501 g/mol. The normalized spacial score (nSPS) is 23.0. The zero-order valence-corrected chi connectivity index (χ0v) is 21.6. The molecule has 0 radical (unpaired) electrons. The minimum Gasteiger partial charge on any atom is -0.508 e. The first-order valence-corrected chi connectivity index (χ1v) is 13.7. The van der Waals surface area contributed by atoms with Gasteiger partial charge in [-0.2, -0.15) is 0 Å². The Morgan fingerprint density at radius 1 is 0.973 bits per heavy atom. The van der Waals surface area contributed by atoms with Crippen molar-refractivity contribution in [1.82, 2.24) is 0 Å². The predicted molar refractivity (Wildman–Crippen MR) is 144 cm³/mol. The Labute approximate surface area is 219 Å². The molecule has 0 amide bonds. The summed E-state index contributed by atoms with van der Waals surface area (Å²) in [5, 5.41) is 10.1. The Morgan fingerprint density at radius 2 is 1.78 bits per heavy atom. The van der Waals surface area contributed by atoms with Crippen molar-refractivity contribution in [2.24, 2.45) is 0 Å². The highest BCUT2D eigenvalue weighted by Gasteiger charge is 2.38. The van der Waals surface area contributed by atoms with Crippen molar-refractivity contribution in [1.29, 1.82) is 0 Å². The van der Waals surface area contributed by atoms with Gasteiger partial charge in [-0.15, -0.1) is 0 Å². The Morgan fingerprint density at radius 3 is 2.51 bits per heavy atom. The van der Waals surface area contributed by atoms with Crippen LogP contribution >= 0.6 is 0 Å². The first-order chi connectivity index (χ1) is 18.1. The van der Waals surface area contributed by atoms with E-state index in [0.29, 0.717) is 5.69 Å². The summed E-state index contributed by atoms with van der Waals surface area (Å²) in [6.07, 6.45) is 7.15. The highest BCUT2D eigenvalue weighted by Crippen LogP contribution is 2.50. The molecular weight excluding hydrogens is 465 g/mol. The van der Waals surface area contributed by atoms with E-state index in [9.17, 15) is 5.11 Å². The molecule has 3 aromatic carbocycles. The Kier molecular flexibility index (Phi) is 6.58. The van der Waals surface area contributed by atoms with Gasteiger partial charge in [-0.05, 0) is 85.8 Å². The van der Waals surface area contributed by atoms with Crippen LogP contribution in [0.25, 0.3) is 0 Å². The summed E-state index contributed by atoms with van der Waals surface area (Å²) in [7, 11) is 1.68. The predicted octanol–water partition coefficient (Wildman–Crippen LogP) is 6.94. The second-order valence-corrected chi connectivity index (χ2v) is 10.9. The average molecular weight is 502 g/mol. The lowest BCUT2D eigenvalue weighted by Crippen LogP contribution is -2.48. The number of phenolic OH excluding ortho intramolecular Hbond substituents is 1. The maximum atomic E-state index is 15.9. The fraction of sp³-hybridized carbons (Fsp3) is 0.438. The Balaban J connectivity index is 1.37. The van der Waals surface area contributed by atoms with Gasteiger partial charge < -0.3 is 19.5 Å². The first kappa shape index (κ1) is 24.3. The van der Waals surface area contributed by atoms with Crippen LogP contribution in [0.5, 0.6) is 11.5 Å². The zero-order chi connectivity index (χ0) is 25.4. The van der Waals surface area contributed by atoms with E-state index in [0.717, 1.165) is 80.7 Å². The van der Waals surface area contributed by atoms with Gasteiger partial charge >= 0.3 is 0 Å². The molecule has 1 aliphatic carbocycles. The number of methoxy groups -OCH3 is 1. The standard InChI is InChI=1S/C32H36FNO3/c1-36-30-21-29(34-16-14-32(15-17-34)13-5-6-18-37-32)28(33)20-27(30)31-25(22-7-3-2-4-8-22)11-9-23-19-24(35)10-12-26(23)31/h2-4,7-8,10,12,19-21,25,31,35H,5-6,9,11,13-18H2,1H3. The molecule has 194 valence electrons. The molecule has 2 aliphatic heterocycles. The van der Waals surface area contributed by atoms with Crippen molar-refractivity contribution >= 4 is 5.69 Å². The van der Waals surface area contributed by atoms with E-state index in [1.54, 1.807) is 19.2 Å². The average Bonchev–Trinajstić information content (AvgIpc) is 2.94. The highest BCUT2D eigenvalue weighted by molar-refractivity contribution is 5.59. The summed E-state index contributed by atoms with van der Waals surface area (Å²) in [4.78, 5) is 2.16. The molecule has 2 unspecified atom stereocenters. The molecule has 0 saturated carbocycles. The third-order valence-corrected chi connectivity index (χ3v) is 8.90. The Hall–Kier alpha value is -3.05.